The van der Waals surface area contributed by atoms with Crippen LogP contribution in [0.15, 0.2) is 35.5 Å². The number of rotatable bonds is 2. The van der Waals surface area contributed by atoms with Crippen molar-refractivity contribution < 1.29 is 24.5 Å². The summed E-state index contributed by atoms with van der Waals surface area (Å²) in [5.74, 6) is -2.42. The van der Waals surface area contributed by atoms with Crippen LogP contribution in [0.4, 0.5) is 0 Å². The Balaban J connectivity index is 3.32. The standard InChI is InChI=1S/C21H32O5/c1-7-18-16(5)10-14(3)8-13(2)9-15(4)11-21(25,12-22)19(23)17(6)20(24)26-18/h9-10,13,17-18,22,25H,3,7-8,11-12H2,1-2,4-6H3/b15-9-,16-10-/t13-,17+,18-,21-/m0/s1. The number of hydrogen-bond donors (Lipinski definition) is 2. The molecular formula is C21H32O5. The number of carbonyl (C=O) groups excluding carboxylic acids is 2. The van der Waals surface area contributed by atoms with E-state index in [9.17, 15) is 19.8 Å². The monoisotopic (exact) mass is 364 g/mol. The minimum absolute atomic E-state index is 0.0250. The molecule has 1 aliphatic heterocycles. The maximum absolute atomic E-state index is 12.7. The van der Waals surface area contributed by atoms with E-state index in [4.69, 9.17) is 4.74 Å². The van der Waals surface area contributed by atoms with E-state index in [0.717, 1.165) is 16.7 Å². The van der Waals surface area contributed by atoms with Crippen LogP contribution in [0.5, 0.6) is 0 Å². The average molecular weight is 364 g/mol. The lowest BCUT2D eigenvalue weighted by molar-refractivity contribution is -0.161. The van der Waals surface area contributed by atoms with Gasteiger partial charge in [-0.3, -0.25) is 9.59 Å². The molecule has 0 spiro atoms. The molecule has 0 amide bonds. The molecule has 26 heavy (non-hydrogen) atoms. The fourth-order valence-corrected chi connectivity index (χ4v) is 3.42. The molecule has 0 aromatic carbocycles. The molecular weight excluding hydrogens is 332 g/mol. The highest BCUT2D eigenvalue weighted by molar-refractivity contribution is 6.03. The van der Waals surface area contributed by atoms with Crippen LogP contribution in [0.3, 0.4) is 0 Å². The highest BCUT2D eigenvalue weighted by atomic mass is 16.5. The fourth-order valence-electron chi connectivity index (χ4n) is 3.42. The largest absolute Gasteiger partial charge is 0.457 e. The van der Waals surface area contributed by atoms with Gasteiger partial charge in [0.25, 0.3) is 0 Å². The van der Waals surface area contributed by atoms with Crippen LogP contribution >= 0.6 is 0 Å². The SMILES string of the molecule is C=C1/C=C(/C)[C@H](CC)OC(=O)[C@H](C)C(=O)[C@@](O)(CO)C/C(C)=C\[C@@H](C)C1. The molecule has 0 aromatic heterocycles. The fraction of sp³-hybridized carbons (Fsp3) is 0.619. The molecule has 0 saturated carbocycles. The van der Waals surface area contributed by atoms with Crippen LogP contribution in [0, 0.1) is 11.8 Å². The molecule has 0 aliphatic carbocycles. The van der Waals surface area contributed by atoms with Gasteiger partial charge in [0.05, 0.1) is 6.61 Å². The Labute approximate surface area is 156 Å². The van der Waals surface area contributed by atoms with Crippen molar-refractivity contribution in [1.82, 2.24) is 0 Å². The smallest absolute Gasteiger partial charge is 0.316 e. The summed E-state index contributed by atoms with van der Waals surface area (Å²) in [7, 11) is 0. The first kappa shape index (κ1) is 22.3. The first-order valence-electron chi connectivity index (χ1n) is 9.15. The van der Waals surface area contributed by atoms with Crippen molar-refractivity contribution in [2.24, 2.45) is 11.8 Å². The predicted octanol–water partition coefficient (Wildman–Crippen LogP) is 3.12. The van der Waals surface area contributed by atoms with Gasteiger partial charge in [0.15, 0.2) is 11.4 Å². The van der Waals surface area contributed by atoms with E-state index in [-0.39, 0.29) is 12.3 Å². The van der Waals surface area contributed by atoms with Gasteiger partial charge in [-0.2, -0.15) is 0 Å². The van der Waals surface area contributed by atoms with E-state index in [1.165, 1.54) is 6.92 Å². The number of aliphatic hydroxyl groups excluding tert-OH is 1. The lowest BCUT2D eigenvalue weighted by Crippen LogP contribution is -2.48. The quantitative estimate of drug-likeness (QED) is 0.447. The number of carbonyl (C=O) groups is 2. The Morgan fingerprint density at radius 3 is 2.46 bits per heavy atom. The Hall–Kier alpha value is -1.72. The number of cyclic esters (lactones) is 1. The molecule has 146 valence electrons. The summed E-state index contributed by atoms with van der Waals surface area (Å²) < 4.78 is 5.50. The summed E-state index contributed by atoms with van der Waals surface area (Å²) in [6, 6.07) is 0. The maximum Gasteiger partial charge on any atom is 0.316 e. The summed E-state index contributed by atoms with van der Waals surface area (Å²) in [6.45, 7) is 12.3. The van der Waals surface area contributed by atoms with Gasteiger partial charge >= 0.3 is 5.97 Å². The normalized spacial score (nSPS) is 36.4. The van der Waals surface area contributed by atoms with E-state index in [1.807, 2.05) is 32.9 Å². The van der Waals surface area contributed by atoms with Gasteiger partial charge in [0.1, 0.15) is 12.0 Å². The first-order chi connectivity index (χ1) is 12.0. The Bertz CT molecular complexity index is 616. The molecule has 0 radical (unpaired) electrons. The number of hydrogen-bond acceptors (Lipinski definition) is 5. The topological polar surface area (TPSA) is 83.8 Å². The molecule has 5 nitrogen and oxygen atoms in total. The second-order valence-electron chi connectivity index (χ2n) is 7.53. The number of Topliss-reactive ketones (excluding diaryl/α,β-unsaturated/α-hetero) is 1. The van der Waals surface area contributed by atoms with Crippen molar-refractivity contribution in [3.63, 3.8) is 0 Å². The first-order valence-corrected chi connectivity index (χ1v) is 9.15. The summed E-state index contributed by atoms with van der Waals surface area (Å²) in [6.07, 6.45) is 4.70. The maximum atomic E-state index is 12.7. The van der Waals surface area contributed by atoms with E-state index < -0.39 is 36.0 Å². The molecule has 2 N–H and O–H groups in total. The molecule has 1 heterocycles. The van der Waals surface area contributed by atoms with Crippen LogP contribution in [-0.4, -0.2) is 40.3 Å². The van der Waals surface area contributed by atoms with Crippen LogP contribution in [0.2, 0.25) is 0 Å². The lowest BCUT2D eigenvalue weighted by atomic mass is 9.84. The third kappa shape index (κ3) is 5.64. The second-order valence-corrected chi connectivity index (χ2v) is 7.53. The van der Waals surface area contributed by atoms with Crippen LogP contribution in [0.25, 0.3) is 0 Å². The van der Waals surface area contributed by atoms with Crippen LogP contribution < -0.4 is 0 Å². The summed E-state index contributed by atoms with van der Waals surface area (Å²) in [4.78, 5) is 25.1. The van der Waals surface area contributed by atoms with Gasteiger partial charge in [-0.05, 0) is 45.1 Å². The zero-order valence-corrected chi connectivity index (χ0v) is 16.5. The number of aliphatic hydroxyl groups is 2. The second kappa shape index (κ2) is 9.28. The molecule has 4 atom stereocenters. The molecule has 5 heteroatoms. The van der Waals surface area contributed by atoms with E-state index in [0.29, 0.717) is 12.8 Å². The van der Waals surface area contributed by atoms with Crippen molar-refractivity contribution in [2.45, 2.75) is 65.6 Å². The highest BCUT2D eigenvalue weighted by Crippen LogP contribution is 2.26. The van der Waals surface area contributed by atoms with Crippen molar-refractivity contribution in [3.8, 4) is 0 Å². The zero-order chi connectivity index (χ0) is 20.1. The van der Waals surface area contributed by atoms with Gasteiger partial charge in [0, 0.05) is 6.42 Å². The number of ether oxygens (including phenoxy) is 1. The summed E-state index contributed by atoms with van der Waals surface area (Å²) >= 11 is 0. The van der Waals surface area contributed by atoms with Crippen molar-refractivity contribution in [2.75, 3.05) is 6.61 Å². The number of allylic oxidation sites excluding steroid dienone is 3. The van der Waals surface area contributed by atoms with Crippen molar-refractivity contribution >= 4 is 11.8 Å². The third-order valence-corrected chi connectivity index (χ3v) is 4.76. The van der Waals surface area contributed by atoms with E-state index in [1.54, 1.807) is 6.92 Å². The Morgan fingerprint density at radius 2 is 1.92 bits per heavy atom. The minimum Gasteiger partial charge on any atom is -0.457 e. The van der Waals surface area contributed by atoms with Gasteiger partial charge in [-0.25, -0.2) is 0 Å². The zero-order valence-electron chi connectivity index (χ0n) is 16.5. The summed E-state index contributed by atoms with van der Waals surface area (Å²) in [5.41, 5.74) is 0.576. The summed E-state index contributed by atoms with van der Waals surface area (Å²) in [5, 5.41) is 20.3. The highest BCUT2D eigenvalue weighted by Gasteiger charge is 2.42. The Morgan fingerprint density at radius 1 is 1.31 bits per heavy atom. The van der Waals surface area contributed by atoms with Gasteiger partial charge in [-0.1, -0.05) is 43.7 Å². The molecule has 1 rings (SSSR count). The molecule has 0 unspecified atom stereocenters. The number of ketones is 1. The average Bonchev–Trinajstić information content (AvgIpc) is 2.56. The van der Waals surface area contributed by atoms with Gasteiger partial charge in [0.2, 0.25) is 0 Å². The predicted molar refractivity (Wildman–Crippen MR) is 101 cm³/mol. The third-order valence-electron chi connectivity index (χ3n) is 4.76. The van der Waals surface area contributed by atoms with E-state index in [2.05, 4.69) is 6.58 Å². The Kier molecular flexibility index (Phi) is 7.97. The molecule has 0 saturated heterocycles. The van der Waals surface area contributed by atoms with Gasteiger partial charge < -0.3 is 14.9 Å². The minimum atomic E-state index is -1.99. The molecule has 0 bridgehead atoms. The van der Waals surface area contributed by atoms with Crippen LogP contribution in [0.1, 0.15) is 53.9 Å². The molecule has 0 aromatic rings. The van der Waals surface area contributed by atoms with E-state index >= 15 is 0 Å². The lowest BCUT2D eigenvalue weighted by Gasteiger charge is -2.28. The molecule has 1 aliphatic rings. The van der Waals surface area contributed by atoms with Crippen molar-refractivity contribution in [3.05, 3.63) is 35.5 Å². The van der Waals surface area contributed by atoms with Crippen molar-refractivity contribution in [1.29, 1.82) is 0 Å². The van der Waals surface area contributed by atoms with Gasteiger partial charge in [-0.15, -0.1) is 0 Å². The van der Waals surface area contributed by atoms with Crippen LogP contribution in [-0.2, 0) is 14.3 Å². The molecule has 0 fully saturated rings. The number of esters is 1.